The smallest absolute Gasteiger partial charge is 0.257 e. The lowest BCUT2D eigenvalue weighted by Gasteiger charge is -2.23. The van der Waals surface area contributed by atoms with Gasteiger partial charge < -0.3 is 15.7 Å². The highest BCUT2D eigenvalue weighted by Gasteiger charge is 2.27. The van der Waals surface area contributed by atoms with E-state index in [0.717, 1.165) is 12.2 Å². The molecule has 1 amide bonds. The standard InChI is InChI=1S/C14H20N2O2S/c1-14(2)6-7-16(8-9-19-14)13(18)10-4-3-5-11(15)12(10)17/h3-5,17H,6-9,15H2,1-2H3. The Kier molecular flexibility index (Phi) is 3.94. The summed E-state index contributed by atoms with van der Waals surface area (Å²) < 4.78 is 0.201. The monoisotopic (exact) mass is 280 g/mol. The Morgan fingerprint density at radius 2 is 2.16 bits per heavy atom. The molecular formula is C14H20N2O2S. The molecule has 1 aromatic rings. The van der Waals surface area contributed by atoms with E-state index in [0.29, 0.717) is 18.7 Å². The number of nitrogens with two attached hydrogens (primary N) is 1. The fourth-order valence-corrected chi connectivity index (χ4v) is 3.23. The predicted octanol–water partition coefficient (Wildman–Crippen LogP) is 2.33. The Hall–Kier alpha value is -1.36. The van der Waals surface area contributed by atoms with Crippen LogP contribution in [-0.4, -0.2) is 39.5 Å². The van der Waals surface area contributed by atoms with Gasteiger partial charge in [0.1, 0.15) is 0 Å². The number of anilines is 1. The number of hydrogen-bond donors (Lipinski definition) is 2. The summed E-state index contributed by atoms with van der Waals surface area (Å²) in [6.07, 6.45) is 0.951. The average molecular weight is 280 g/mol. The number of rotatable bonds is 1. The van der Waals surface area contributed by atoms with E-state index in [1.807, 2.05) is 11.8 Å². The van der Waals surface area contributed by atoms with Gasteiger partial charge in [0.05, 0.1) is 11.3 Å². The lowest BCUT2D eigenvalue weighted by Crippen LogP contribution is -2.33. The maximum atomic E-state index is 12.4. The predicted molar refractivity (Wildman–Crippen MR) is 79.6 cm³/mol. The number of aromatic hydroxyl groups is 1. The van der Waals surface area contributed by atoms with Gasteiger partial charge in [0.2, 0.25) is 0 Å². The molecule has 0 unspecified atom stereocenters. The third kappa shape index (κ3) is 3.15. The fourth-order valence-electron chi connectivity index (χ4n) is 2.13. The van der Waals surface area contributed by atoms with Crippen molar-refractivity contribution in [2.75, 3.05) is 24.6 Å². The summed E-state index contributed by atoms with van der Waals surface area (Å²) in [7, 11) is 0. The van der Waals surface area contributed by atoms with E-state index in [1.54, 1.807) is 23.1 Å². The van der Waals surface area contributed by atoms with Crippen molar-refractivity contribution in [1.29, 1.82) is 0 Å². The van der Waals surface area contributed by atoms with Crippen LogP contribution in [0.3, 0.4) is 0 Å². The summed E-state index contributed by atoms with van der Waals surface area (Å²) in [5, 5.41) is 9.89. The van der Waals surface area contributed by atoms with Crippen molar-refractivity contribution < 1.29 is 9.90 Å². The van der Waals surface area contributed by atoms with Gasteiger partial charge in [-0.1, -0.05) is 19.9 Å². The fraction of sp³-hybridized carbons (Fsp3) is 0.500. The second-order valence-electron chi connectivity index (χ2n) is 5.39. The van der Waals surface area contributed by atoms with Crippen LogP contribution in [0.5, 0.6) is 5.75 Å². The summed E-state index contributed by atoms with van der Waals surface area (Å²) in [5.41, 5.74) is 6.18. The van der Waals surface area contributed by atoms with Crippen LogP contribution >= 0.6 is 11.8 Å². The van der Waals surface area contributed by atoms with E-state index in [1.165, 1.54) is 0 Å². The maximum absolute atomic E-state index is 12.4. The number of thioether (sulfide) groups is 1. The zero-order valence-electron chi connectivity index (χ0n) is 11.3. The van der Waals surface area contributed by atoms with Gasteiger partial charge in [0.15, 0.2) is 5.75 Å². The van der Waals surface area contributed by atoms with E-state index in [-0.39, 0.29) is 22.1 Å². The minimum Gasteiger partial charge on any atom is -0.505 e. The normalized spacial score (nSPS) is 18.9. The van der Waals surface area contributed by atoms with E-state index in [2.05, 4.69) is 13.8 Å². The van der Waals surface area contributed by atoms with Crippen LogP contribution in [0.25, 0.3) is 0 Å². The minimum absolute atomic E-state index is 0.108. The summed E-state index contributed by atoms with van der Waals surface area (Å²) in [4.78, 5) is 14.2. The molecule has 0 aromatic heterocycles. The quantitative estimate of drug-likeness (QED) is 0.612. The number of phenolic OH excluding ortho intramolecular Hbond substituents is 1. The molecular weight excluding hydrogens is 260 g/mol. The third-order valence-electron chi connectivity index (χ3n) is 3.42. The Bertz CT molecular complexity index is 488. The molecule has 19 heavy (non-hydrogen) atoms. The number of nitrogens with zero attached hydrogens (tertiary/aromatic N) is 1. The Morgan fingerprint density at radius 3 is 2.89 bits per heavy atom. The van der Waals surface area contributed by atoms with Crippen LogP contribution in [0.4, 0.5) is 5.69 Å². The van der Waals surface area contributed by atoms with Crippen molar-refractivity contribution in [3.8, 4) is 5.75 Å². The van der Waals surface area contributed by atoms with Crippen LogP contribution in [0.15, 0.2) is 18.2 Å². The highest BCUT2D eigenvalue weighted by molar-refractivity contribution is 8.00. The molecule has 4 nitrogen and oxygen atoms in total. The summed E-state index contributed by atoms with van der Waals surface area (Å²) in [5.74, 6) is 0.675. The number of phenols is 1. The molecule has 0 bridgehead atoms. The Labute approximate surface area is 118 Å². The van der Waals surface area contributed by atoms with Gasteiger partial charge >= 0.3 is 0 Å². The van der Waals surface area contributed by atoms with Crippen LogP contribution in [0, 0.1) is 0 Å². The van der Waals surface area contributed by atoms with Crippen molar-refractivity contribution in [3.63, 3.8) is 0 Å². The SMILES string of the molecule is CC1(C)CCN(C(=O)c2cccc(N)c2O)CCS1. The van der Waals surface area contributed by atoms with Crippen molar-refractivity contribution in [1.82, 2.24) is 4.90 Å². The molecule has 1 heterocycles. The first-order valence-corrected chi connectivity index (χ1v) is 7.40. The Balaban J connectivity index is 2.18. The average Bonchev–Trinajstić information content (AvgIpc) is 2.53. The number of amides is 1. The van der Waals surface area contributed by atoms with Gasteiger partial charge in [0, 0.05) is 23.6 Å². The second kappa shape index (κ2) is 5.33. The van der Waals surface area contributed by atoms with Gasteiger partial charge in [0.25, 0.3) is 5.91 Å². The van der Waals surface area contributed by atoms with Gasteiger partial charge in [-0.3, -0.25) is 4.79 Å². The molecule has 104 valence electrons. The van der Waals surface area contributed by atoms with Crippen LogP contribution in [0.2, 0.25) is 0 Å². The molecule has 0 spiro atoms. The number of carbonyl (C=O) groups excluding carboxylic acids is 1. The van der Waals surface area contributed by atoms with E-state index < -0.39 is 0 Å². The van der Waals surface area contributed by atoms with Gasteiger partial charge in [-0.25, -0.2) is 0 Å². The Morgan fingerprint density at radius 1 is 1.42 bits per heavy atom. The molecule has 0 radical (unpaired) electrons. The van der Waals surface area contributed by atoms with E-state index >= 15 is 0 Å². The highest BCUT2D eigenvalue weighted by Crippen LogP contribution is 2.32. The minimum atomic E-state index is -0.136. The number of carbonyl (C=O) groups is 1. The summed E-state index contributed by atoms with van der Waals surface area (Å²) >= 11 is 1.88. The number of benzene rings is 1. The van der Waals surface area contributed by atoms with Crippen LogP contribution in [-0.2, 0) is 0 Å². The number of nitrogen functional groups attached to an aromatic ring is 1. The molecule has 0 aliphatic carbocycles. The molecule has 1 aliphatic rings. The first-order chi connectivity index (χ1) is 8.91. The lowest BCUT2D eigenvalue weighted by atomic mass is 10.1. The molecule has 1 fully saturated rings. The first-order valence-electron chi connectivity index (χ1n) is 6.41. The second-order valence-corrected chi connectivity index (χ2v) is 7.20. The topological polar surface area (TPSA) is 66.6 Å². The first kappa shape index (κ1) is 14.1. The molecule has 5 heteroatoms. The largest absolute Gasteiger partial charge is 0.505 e. The molecule has 2 rings (SSSR count). The van der Waals surface area contributed by atoms with Crippen LogP contribution in [0.1, 0.15) is 30.6 Å². The molecule has 3 N–H and O–H groups in total. The van der Waals surface area contributed by atoms with Crippen molar-refractivity contribution >= 4 is 23.4 Å². The molecule has 0 saturated carbocycles. The lowest BCUT2D eigenvalue weighted by molar-refractivity contribution is 0.0761. The zero-order chi connectivity index (χ0) is 14.0. The zero-order valence-corrected chi connectivity index (χ0v) is 12.2. The van der Waals surface area contributed by atoms with Gasteiger partial charge in [-0.2, -0.15) is 11.8 Å². The summed E-state index contributed by atoms with van der Waals surface area (Å²) in [6.45, 7) is 5.82. The van der Waals surface area contributed by atoms with E-state index in [9.17, 15) is 9.90 Å². The molecule has 1 aromatic carbocycles. The molecule has 1 aliphatic heterocycles. The van der Waals surface area contributed by atoms with Crippen molar-refractivity contribution in [2.24, 2.45) is 0 Å². The molecule has 1 saturated heterocycles. The molecule has 0 atom stereocenters. The van der Waals surface area contributed by atoms with Gasteiger partial charge in [-0.15, -0.1) is 0 Å². The summed E-state index contributed by atoms with van der Waals surface area (Å²) in [6, 6.07) is 4.91. The number of hydrogen-bond acceptors (Lipinski definition) is 4. The van der Waals surface area contributed by atoms with Crippen molar-refractivity contribution in [3.05, 3.63) is 23.8 Å². The van der Waals surface area contributed by atoms with Gasteiger partial charge in [-0.05, 0) is 18.6 Å². The van der Waals surface area contributed by atoms with Crippen LogP contribution < -0.4 is 5.73 Å². The number of para-hydroxylation sites is 1. The van der Waals surface area contributed by atoms with E-state index in [4.69, 9.17) is 5.73 Å². The highest BCUT2D eigenvalue weighted by atomic mass is 32.2. The third-order valence-corrected chi connectivity index (χ3v) is 4.79. The van der Waals surface area contributed by atoms with Crippen molar-refractivity contribution in [2.45, 2.75) is 25.0 Å². The maximum Gasteiger partial charge on any atom is 0.257 e.